The van der Waals surface area contributed by atoms with Crippen LogP contribution in [0.3, 0.4) is 0 Å². The average molecular weight is 386 g/mol. The number of nitrogens with zero attached hydrogens (tertiary/aromatic N) is 4. The van der Waals surface area contributed by atoms with Gasteiger partial charge in [0, 0.05) is 0 Å². The summed E-state index contributed by atoms with van der Waals surface area (Å²) in [4.78, 5) is 56.2. The molecule has 0 bridgehead atoms. The van der Waals surface area contributed by atoms with E-state index in [0.29, 0.717) is 0 Å². The first-order valence-corrected chi connectivity index (χ1v) is 7.43. The highest BCUT2D eigenvalue weighted by atomic mass is 16.4. The van der Waals surface area contributed by atoms with Gasteiger partial charge in [0.25, 0.3) is 0 Å². The van der Waals surface area contributed by atoms with E-state index in [-0.39, 0.29) is 11.9 Å². The number of nitrogens with one attached hydrogen (secondary N) is 2. The van der Waals surface area contributed by atoms with E-state index < -0.39 is 55.0 Å². The van der Waals surface area contributed by atoms with Crippen molar-refractivity contribution < 1.29 is 39.6 Å². The maximum atomic E-state index is 11.0. The summed E-state index contributed by atoms with van der Waals surface area (Å²) in [6.07, 6.45) is 0. The second-order valence-corrected chi connectivity index (χ2v) is 5.33. The normalized spacial score (nSPS) is 12.5. The van der Waals surface area contributed by atoms with Crippen molar-refractivity contribution in [2.75, 3.05) is 28.6 Å². The zero-order valence-electron chi connectivity index (χ0n) is 14.3. The maximum absolute atomic E-state index is 11.0. The summed E-state index contributed by atoms with van der Waals surface area (Å²) in [5.41, 5.74) is 0. The van der Waals surface area contributed by atoms with E-state index in [4.69, 9.17) is 20.4 Å². The van der Waals surface area contributed by atoms with Crippen LogP contribution in [0.4, 0.5) is 17.8 Å². The molecular weight excluding hydrogens is 368 g/mol. The summed E-state index contributed by atoms with van der Waals surface area (Å²) in [6.45, 7) is 1.03. The highest BCUT2D eigenvalue weighted by Crippen LogP contribution is 2.15. The van der Waals surface area contributed by atoms with Gasteiger partial charge in [0.2, 0.25) is 17.8 Å². The van der Waals surface area contributed by atoms with Crippen molar-refractivity contribution in [2.45, 2.75) is 25.9 Å². The van der Waals surface area contributed by atoms with Crippen molar-refractivity contribution in [3.63, 3.8) is 0 Å². The smallest absolute Gasteiger partial charge is 0.325 e. The fraction of sp³-hybridized carbons (Fsp3) is 0.462. The first-order chi connectivity index (χ1) is 12.5. The Morgan fingerprint density at radius 1 is 0.815 bits per heavy atom. The molecule has 1 aromatic rings. The standard InChI is InChI=1S/C13H18N6O8/c1-5(9(24)25)14-11-16-12(15-6(2)10(26)27)18-13(17-11)19(3-7(20)21)4-8(22)23/h5-6H,3-4H2,1-2H3,(H,20,21)(H,22,23)(H,24,25)(H,26,27)(H2,14,15,16,17,18). The second-order valence-electron chi connectivity index (χ2n) is 5.33. The number of anilines is 3. The topological polar surface area (TPSA) is 215 Å². The molecule has 1 heterocycles. The van der Waals surface area contributed by atoms with Gasteiger partial charge in [-0.3, -0.25) is 19.2 Å². The van der Waals surface area contributed by atoms with Gasteiger partial charge in [-0.1, -0.05) is 0 Å². The lowest BCUT2D eigenvalue weighted by Gasteiger charge is -2.20. The molecule has 0 saturated carbocycles. The van der Waals surface area contributed by atoms with Gasteiger partial charge in [0.05, 0.1) is 0 Å². The second kappa shape index (κ2) is 9.12. The Morgan fingerprint density at radius 3 is 1.48 bits per heavy atom. The predicted molar refractivity (Wildman–Crippen MR) is 88.8 cm³/mol. The molecule has 0 aliphatic rings. The minimum Gasteiger partial charge on any atom is -0.480 e. The molecule has 0 amide bonds. The lowest BCUT2D eigenvalue weighted by Crippen LogP contribution is -2.37. The van der Waals surface area contributed by atoms with E-state index >= 15 is 0 Å². The average Bonchev–Trinajstić information content (AvgIpc) is 2.52. The minimum atomic E-state index is -1.36. The van der Waals surface area contributed by atoms with Gasteiger partial charge in [-0.15, -0.1) is 0 Å². The minimum absolute atomic E-state index is 0.309. The molecule has 148 valence electrons. The molecule has 27 heavy (non-hydrogen) atoms. The Hall–Kier alpha value is -3.71. The van der Waals surface area contributed by atoms with Gasteiger partial charge in [0.15, 0.2) is 0 Å². The number of hydrogen-bond donors (Lipinski definition) is 6. The molecule has 14 heteroatoms. The largest absolute Gasteiger partial charge is 0.480 e. The monoisotopic (exact) mass is 386 g/mol. The summed E-state index contributed by atoms with van der Waals surface area (Å²) in [7, 11) is 0. The fourth-order valence-electron chi connectivity index (χ4n) is 1.67. The van der Waals surface area contributed by atoms with Crippen molar-refractivity contribution in [1.29, 1.82) is 0 Å². The molecule has 1 rings (SSSR count). The lowest BCUT2D eigenvalue weighted by molar-refractivity contribution is -0.138. The molecule has 0 radical (unpaired) electrons. The Balaban J connectivity index is 3.32. The molecule has 0 spiro atoms. The highest BCUT2D eigenvalue weighted by Gasteiger charge is 2.22. The molecule has 0 saturated heterocycles. The number of carbonyl (C=O) groups is 4. The van der Waals surface area contributed by atoms with Crippen LogP contribution in [0, 0.1) is 0 Å². The molecule has 14 nitrogen and oxygen atoms in total. The van der Waals surface area contributed by atoms with Gasteiger partial charge < -0.3 is 36.0 Å². The van der Waals surface area contributed by atoms with E-state index in [1.165, 1.54) is 13.8 Å². The Labute approximate surface area is 151 Å². The van der Waals surface area contributed by atoms with E-state index in [2.05, 4.69) is 25.6 Å². The molecule has 0 aliphatic heterocycles. The summed E-state index contributed by atoms with van der Waals surface area (Å²) < 4.78 is 0. The van der Waals surface area contributed by atoms with Crippen molar-refractivity contribution in [3.8, 4) is 0 Å². The van der Waals surface area contributed by atoms with Gasteiger partial charge >= 0.3 is 23.9 Å². The van der Waals surface area contributed by atoms with Crippen LogP contribution in [0.15, 0.2) is 0 Å². The van der Waals surface area contributed by atoms with Crippen LogP contribution >= 0.6 is 0 Å². The zero-order chi connectivity index (χ0) is 20.7. The molecule has 1 aromatic heterocycles. The van der Waals surface area contributed by atoms with Gasteiger partial charge in [-0.25, -0.2) is 0 Å². The number of carboxylic acids is 4. The number of aromatic nitrogens is 3. The fourth-order valence-corrected chi connectivity index (χ4v) is 1.67. The highest BCUT2D eigenvalue weighted by molar-refractivity contribution is 5.79. The van der Waals surface area contributed by atoms with Crippen LogP contribution < -0.4 is 15.5 Å². The van der Waals surface area contributed by atoms with Gasteiger partial charge in [-0.2, -0.15) is 15.0 Å². The van der Waals surface area contributed by atoms with E-state index in [1.54, 1.807) is 0 Å². The van der Waals surface area contributed by atoms with Gasteiger partial charge in [-0.05, 0) is 13.8 Å². The quantitative estimate of drug-likeness (QED) is 0.258. The van der Waals surface area contributed by atoms with Crippen LogP contribution in [0.1, 0.15) is 13.8 Å². The summed E-state index contributed by atoms with van der Waals surface area (Å²) in [5, 5.41) is 40.6. The third kappa shape index (κ3) is 6.97. The van der Waals surface area contributed by atoms with E-state index in [0.717, 1.165) is 4.90 Å². The molecule has 0 fully saturated rings. The third-order valence-electron chi connectivity index (χ3n) is 2.99. The van der Waals surface area contributed by atoms with Crippen LogP contribution in [0.5, 0.6) is 0 Å². The predicted octanol–water partition coefficient (Wildman–Crippen LogP) is -1.38. The number of hydrogen-bond acceptors (Lipinski definition) is 10. The SMILES string of the molecule is CC(Nc1nc(NC(C)C(=O)O)nc(N(CC(=O)O)CC(=O)O)n1)C(=O)O. The Morgan fingerprint density at radius 2 is 1.19 bits per heavy atom. The van der Waals surface area contributed by atoms with Crippen LogP contribution in [0.2, 0.25) is 0 Å². The molecule has 2 atom stereocenters. The molecule has 6 N–H and O–H groups in total. The van der Waals surface area contributed by atoms with Crippen LogP contribution in [-0.2, 0) is 19.2 Å². The zero-order valence-corrected chi connectivity index (χ0v) is 14.3. The maximum Gasteiger partial charge on any atom is 0.325 e. The summed E-state index contributed by atoms with van der Waals surface area (Å²) in [6, 6.07) is -2.28. The molecular formula is C13H18N6O8. The van der Waals surface area contributed by atoms with Crippen LogP contribution in [-0.4, -0.2) is 84.4 Å². The number of carboxylic acid groups (broad SMARTS) is 4. The first kappa shape index (κ1) is 21.3. The molecule has 0 aromatic carbocycles. The lowest BCUT2D eigenvalue weighted by atomic mass is 10.3. The first-order valence-electron chi connectivity index (χ1n) is 7.43. The Kier molecular flexibility index (Phi) is 7.20. The van der Waals surface area contributed by atoms with Crippen molar-refractivity contribution >= 4 is 41.7 Å². The van der Waals surface area contributed by atoms with Crippen LogP contribution in [0.25, 0.3) is 0 Å². The van der Waals surface area contributed by atoms with Crippen molar-refractivity contribution in [3.05, 3.63) is 0 Å². The third-order valence-corrected chi connectivity index (χ3v) is 2.99. The Bertz CT molecular complexity index is 685. The van der Waals surface area contributed by atoms with Crippen molar-refractivity contribution in [2.24, 2.45) is 0 Å². The summed E-state index contributed by atoms with van der Waals surface area (Å²) in [5.74, 6) is -6.21. The van der Waals surface area contributed by atoms with E-state index in [1.807, 2.05) is 0 Å². The number of rotatable bonds is 11. The molecule has 2 unspecified atom stereocenters. The molecule has 0 aliphatic carbocycles. The van der Waals surface area contributed by atoms with Gasteiger partial charge in [0.1, 0.15) is 25.2 Å². The summed E-state index contributed by atoms with van der Waals surface area (Å²) >= 11 is 0. The van der Waals surface area contributed by atoms with E-state index in [9.17, 15) is 19.2 Å². The van der Waals surface area contributed by atoms with Crippen molar-refractivity contribution in [1.82, 2.24) is 15.0 Å². The number of aliphatic carboxylic acids is 4.